The number of nitrogens with zero attached hydrogens (tertiary/aromatic N) is 2. The van der Waals surface area contributed by atoms with Crippen molar-refractivity contribution in [2.24, 2.45) is 0 Å². The zero-order chi connectivity index (χ0) is 14.5. The van der Waals surface area contributed by atoms with Gasteiger partial charge in [-0.1, -0.05) is 0 Å². The minimum atomic E-state index is -0.305. The first-order valence-electron chi connectivity index (χ1n) is 6.32. The monoisotopic (exact) mass is 270 g/mol. The summed E-state index contributed by atoms with van der Waals surface area (Å²) in [7, 11) is 3.94. The number of anilines is 3. The Kier molecular flexibility index (Phi) is 4.20. The van der Waals surface area contributed by atoms with Crippen molar-refractivity contribution in [2.75, 3.05) is 29.6 Å². The highest BCUT2D eigenvalue weighted by atomic mass is 16.2. The van der Waals surface area contributed by atoms with E-state index in [0.29, 0.717) is 5.82 Å². The molecule has 2 N–H and O–H groups in total. The van der Waals surface area contributed by atoms with Gasteiger partial charge in [0.1, 0.15) is 5.82 Å². The van der Waals surface area contributed by atoms with Crippen LogP contribution in [0.2, 0.25) is 0 Å². The third-order valence-corrected chi connectivity index (χ3v) is 2.80. The molecule has 1 aromatic heterocycles. The number of aromatic nitrogens is 1. The molecule has 2 aromatic rings. The van der Waals surface area contributed by atoms with Crippen LogP contribution in [0.1, 0.15) is 5.56 Å². The van der Waals surface area contributed by atoms with Crippen molar-refractivity contribution < 1.29 is 4.79 Å². The van der Waals surface area contributed by atoms with Gasteiger partial charge in [-0.05, 0) is 48.9 Å². The summed E-state index contributed by atoms with van der Waals surface area (Å²) in [4.78, 5) is 17.9. The predicted molar refractivity (Wildman–Crippen MR) is 82.4 cm³/mol. The molecule has 0 bridgehead atoms. The van der Waals surface area contributed by atoms with Gasteiger partial charge in [-0.2, -0.15) is 0 Å². The lowest BCUT2D eigenvalue weighted by atomic mass is 10.2. The topological polar surface area (TPSA) is 57.3 Å². The molecule has 0 saturated carbocycles. The maximum Gasteiger partial charge on any atom is 0.324 e. The van der Waals surface area contributed by atoms with Gasteiger partial charge in [-0.15, -0.1) is 0 Å². The Morgan fingerprint density at radius 3 is 2.40 bits per heavy atom. The summed E-state index contributed by atoms with van der Waals surface area (Å²) in [5, 5.41) is 5.46. The minimum absolute atomic E-state index is 0.305. The quantitative estimate of drug-likeness (QED) is 0.901. The van der Waals surface area contributed by atoms with Crippen LogP contribution < -0.4 is 15.5 Å². The molecule has 0 aliphatic rings. The van der Waals surface area contributed by atoms with Gasteiger partial charge in [-0.3, -0.25) is 5.32 Å². The van der Waals surface area contributed by atoms with E-state index in [4.69, 9.17) is 0 Å². The first-order valence-corrected chi connectivity index (χ1v) is 6.32. The average Bonchev–Trinajstić information content (AvgIpc) is 2.39. The number of hydrogen-bond donors (Lipinski definition) is 2. The number of hydrogen-bond acceptors (Lipinski definition) is 3. The van der Waals surface area contributed by atoms with Crippen LogP contribution in [0.4, 0.5) is 22.0 Å². The summed E-state index contributed by atoms with van der Waals surface area (Å²) in [6, 6.07) is 11.0. The number of urea groups is 1. The molecule has 0 radical (unpaired) electrons. The van der Waals surface area contributed by atoms with Gasteiger partial charge in [0.05, 0.1) is 0 Å². The Labute approximate surface area is 118 Å². The second-order valence-corrected chi connectivity index (χ2v) is 4.74. The van der Waals surface area contributed by atoms with Crippen LogP contribution in [0, 0.1) is 6.92 Å². The molecule has 0 atom stereocenters. The lowest BCUT2D eigenvalue weighted by molar-refractivity contribution is 0.262. The van der Waals surface area contributed by atoms with E-state index < -0.39 is 0 Å². The van der Waals surface area contributed by atoms with Gasteiger partial charge in [-0.25, -0.2) is 9.78 Å². The van der Waals surface area contributed by atoms with Crippen molar-refractivity contribution in [2.45, 2.75) is 6.92 Å². The van der Waals surface area contributed by atoms with Crippen LogP contribution in [-0.2, 0) is 0 Å². The molecule has 0 fully saturated rings. The molecule has 20 heavy (non-hydrogen) atoms. The van der Waals surface area contributed by atoms with Crippen LogP contribution >= 0.6 is 0 Å². The van der Waals surface area contributed by atoms with Crippen molar-refractivity contribution in [3.63, 3.8) is 0 Å². The van der Waals surface area contributed by atoms with Crippen LogP contribution in [-0.4, -0.2) is 25.1 Å². The van der Waals surface area contributed by atoms with E-state index in [9.17, 15) is 4.79 Å². The number of benzene rings is 1. The van der Waals surface area contributed by atoms with E-state index in [1.807, 2.05) is 62.3 Å². The summed E-state index contributed by atoms with van der Waals surface area (Å²) < 4.78 is 0. The van der Waals surface area contributed by atoms with Crippen molar-refractivity contribution in [1.82, 2.24) is 4.98 Å². The summed E-state index contributed by atoms with van der Waals surface area (Å²) in [6.07, 6.45) is 1.66. The average molecular weight is 270 g/mol. The zero-order valence-corrected chi connectivity index (χ0v) is 11.8. The van der Waals surface area contributed by atoms with Crippen molar-refractivity contribution >= 4 is 23.2 Å². The lowest BCUT2D eigenvalue weighted by Gasteiger charge is -2.13. The fourth-order valence-electron chi connectivity index (χ4n) is 1.73. The summed E-state index contributed by atoms with van der Waals surface area (Å²) in [5.74, 6) is 0.535. The number of amides is 2. The molecule has 0 spiro atoms. The first-order chi connectivity index (χ1) is 9.54. The fraction of sp³-hybridized carbons (Fsp3) is 0.200. The fourth-order valence-corrected chi connectivity index (χ4v) is 1.73. The number of carbonyl (C=O) groups excluding carboxylic acids is 1. The van der Waals surface area contributed by atoms with Crippen LogP contribution in [0.3, 0.4) is 0 Å². The SMILES string of the molecule is Cc1ccnc(NC(=O)Nc2ccc(N(C)C)cc2)c1. The van der Waals surface area contributed by atoms with E-state index in [1.165, 1.54) is 0 Å². The van der Waals surface area contributed by atoms with E-state index in [1.54, 1.807) is 6.20 Å². The van der Waals surface area contributed by atoms with Gasteiger partial charge < -0.3 is 10.2 Å². The Hall–Kier alpha value is -2.56. The van der Waals surface area contributed by atoms with Crippen LogP contribution in [0.25, 0.3) is 0 Å². The number of rotatable bonds is 3. The molecule has 0 aliphatic heterocycles. The maximum absolute atomic E-state index is 11.8. The molecular formula is C15H18N4O. The molecule has 0 unspecified atom stereocenters. The summed E-state index contributed by atoms with van der Waals surface area (Å²) >= 11 is 0. The number of pyridine rings is 1. The van der Waals surface area contributed by atoms with E-state index in [-0.39, 0.29) is 6.03 Å². The molecule has 2 rings (SSSR count). The van der Waals surface area contributed by atoms with Crippen molar-refractivity contribution in [3.8, 4) is 0 Å². The molecule has 5 nitrogen and oxygen atoms in total. The highest BCUT2D eigenvalue weighted by Crippen LogP contribution is 2.16. The molecule has 1 heterocycles. The molecule has 5 heteroatoms. The third-order valence-electron chi connectivity index (χ3n) is 2.80. The van der Waals surface area contributed by atoms with Crippen LogP contribution in [0.15, 0.2) is 42.6 Å². The Morgan fingerprint density at radius 1 is 1.10 bits per heavy atom. The summed E-state index contributed by atoms with van der Waals surface area (Å²) in [5.41, 5.74) is 2.86. The number of aryl methyl sites for hydroxylation is 1. The Balaban J connectivity index is 1.97. The van der Waals surface area contributed by atoms with Gasteiger partial charge >= 0.3 is 6.03 Å². The second kappa shape index (κ2) is 6.06. The molecule has 104 valence electrons. The van der Waals surface area contributed by atoms with Crippen molar-refractivity contribution in [3.05, 3.63) is 48.2 Å². The molecular weight excluding hydrogens is 252 g/mol. The number of nitrogens with one attached hydrogen (secondary N) is 2. The normalized spacial score (nSPS) is 9.95. The maximum atomic E-state index is 11.8. The largest absolute Gasteiger partial charge is 0.378 e. The molecule has 2 amide bonds. The first kappa shape index (κ1) is 13.9. The van der Waals surface area contributed by atoms with Crippen LogP contribution in [0.5, 0.6) is 0 Å². The van der Waals surface area contributed by atoms with Gasteiger partial charge in [0.15, 0.2) is 0 Å². The standard InChI is InChI=1S/C15H18N4O/c1-11-8-9-16-14(10-11)18-15(20)17-12-4-6-13(7-5-12)19(2)3/h4-10H,1-3H3,(H2,16,17,18,20). The van der Waals surface area contributed by atoms with E-state index in [0.717, 1.165) is 16.9 Å². The molecule has 0 saturated heterocycles. The molecule has 1 aromatic carbocycles. The highest BCUT2D eigenvalue weighted by Gasteiger charge is 2.04. The smallest absolute Gasteiger partial charge is 0.324 e. The number of carbonyl (C=O) groups is 1. The van der Waals surface area contributed by atoms with E-state index >= 15 is 0 Å². The predicted octanol–water partition coefficient (Wildman–Crippen LogP) is 3.10. The van der Waals surface area contributed by atoms with Gasteiger partial charge in [0.2, 0.25) is 0 Å². The second-order valence-electron chi connectivity index (χ2n) is 4.74. The third kappa shape index (κ3) is 3.71. The molecule has 0 aliphatic carbocycles. The summed E-state index contributed by atoms with van der Waals surface area (Å²) in [6.45, 7) is 1.95. The highest BCUT2D eigenvalue weighted by molar-refractivity contribution is 5.99. The van der Waals surface area contributed by atoms with Gasteiger partial charge in [0.25, 0.3) is 0 Å². The Bertz CT molecular complexity index is 593. The van der Waals surface area contributed by atoms with E-state index in [2.05, 4.69) is 15.6 Å². The minimum Gasteiger partial charge on any atom is -0.378 e. The van der Waals surface area contributed by atoms with Crippen molar-refractivity contribution in [1.29, 1.82) is 0 Å². The zero-order valence-electron chi connectivity index (χ0n) is 11.8. The Morgan fingerprint density at radius 2 is 1.80 bits per heavy atom. The lowest BCUT2D eigenvalue weighted by Crippen LogP contribution is -2.20. The van der Waals surface area contributed by atoms with Gasteiger partial charge in [0, 0.05) is 31.7 Å².